The van der Waals surface area contributed by atoms with Crippen LogP contribution in [-0.2, 0) is 0 Å². The largest absolute Gasteiger partial charge is 0.543 e. The molecule has 1 N–H and O–H groups in total. The number of ether oxygens (including phenoxy) is 1. The lowest BCUT2D eigenvalue weighted by Gasteiger charge is -2.23. The number of quaternary nitrogens is 1. The molecular formula is C17H20N2O3S. The summed E-state index contributed by atoms with van der Waals surface area (Å²) in [6, 6.07) is 7.63. The van der Waals surface area contributed by atoms with Gasteiger partial charge in [-0.2, -0.15) is 0 Å². The standard InChI is InChI=1S/C17H20N2O3S/c20-17(21)15-12-23-16(18-15)13-5-4-6-14(11-13)22-10-9-19-7-2-1-3-8-19/h4-6,11-12H,1-3,7-10H2,(H,20,21). The monoisotopic (exact) mass is 332 g/mol. The fourth-order valence-corrected chi connectivity index (χ4v) is 3.62. The molecule has 5 nitrogen and oxygen atoms in total. The fourth-order valence-electron chi connectivity index (χ4n) is 2.83. The predicted octanol–water partition coefficient (Wildman–Crippen LogP) is 0.621. The highest BCUT2D eigenvalue weighted by atomic mass is 32.1. The van der Waals surface area contributed by atoms with Crippen LogP contribution in [0.4, 0.5) is 0 Å². The maximum Gasteiger partial charge on any atom is 0.137 e. The molecule has 1 saturated heterocycles. The Balaban J connectivity index is 1.59. The number of aromatic carboxylic acids is 1. The average molecular weight is 332 g/mol. The number of carboxylic acid groups (broad SMARTS) is 1. The zero-order chi connectivity index (χ0) is 16.1. The van der Waals surface area contributed by atoms with Gasteiger partial charge in [0.15, 0.2) is 0 Å². The SMILES string of the molecule is O=C([O-])c1csc(-c2cccc(OCC[NH+]3CCCCC3)c2)n1. The van der Waals surface area contributed by atoms with Gasteiger partial charge in [-0.05, 0) is 31.4 Å². The van der Waals surface area contributed by atoms with Crippen molar-refractivity contribution in [1.82, 2.24) is 4.98 Å². The Morgan fingerprint density at radius 1 is 1.30 bits per heavy atom. The minimum Gasteiger partial charge on any atom is -0.543 e. The van der Waals surface area contributed by atoms with Crippen molar-refractivity contribution in [1.29, 1.82) is 0 Å². The molecule has 2 heterocycles. The molecule has 0 amide bonds. The molecule has 1 aliphatic rings. The Hall–Kier alpha value is -1.92. The van der Waals surface area contributed by atoms with Crippen molar-refractivity contribution in [2.24, 2.45) is 0 Å². The van der Waals surface area contributed by atoms with E-state index < -0.39 is 5.97 Å². The zero-order valence-electron chi connectivity index (χ0n) is 12.9. The molecule has 122 valence electrons. The Bertz CT molecular complexity index is 665. The molecule has 0 aliphatic carbocycles. The molecule has 0 unspecified atom stereocenters. The molecule has 0 saturated carbocycles. The summed E-state index contributed by atoms with van der Waals surface area (Å²) < 4.78 is 5.85. The topological polar surface area (TPSA) is 66.7 Å². The van der Waals surface area contributed by atoms with Gasteiger partial charge in [-0.3, -0.25) is 0 Å². The summed E-state index contributed by atoms with van der Waals surface area (Å²) in [5, 5.41) is 13.0. The maximum atomic E-state index is 10.8. The van der Waals surface area contributed by atoms with E-state index in [9.17, 15) is 9.90 Å². The number of carboxylic acids is 1. The minimum atomic E-state index is -1.25. The summed E-state index contributed by atoms with van der Waals surface area (Å²) >= 11 is 1.29. The van der Waals surface area contributed by atoms with E-state index in [1.807, 2.05) is 24.3 Å². The Kier molecular flexibility index (Phi) is 5.25. The van der Waals surface area contributed by atoms with Crippen LogP contribution in [0.25, 0.3) is 10.6 Å². The molecule has 6 heteroatoms. The number of rotatable bonds is 6. The van der Waals surface area contributed by atoms with Gasteiger partial charge >= 0.3 is 0 Å². The van der Waals surface area contributed by atoms with E-state index >= 15 is 0 Å². The molecule has 0 radical (unpaired) electrons. The van der Waals surface area contributed by atoms with Gasteiger partial charge in [-0.25, -0.2) is 4.98 Å². The number of hydrogen-bond donors (Lipinski definition) is 1. The molecule has 1 aromatic carbocycles. The lowest BCUT2D eigenvalue weighted by atomic mass is 10.1. The Labute approximate surface area is 139 Å². The van der Waals surface area contributed by atoms with Crippen LogP contribution in [0.2, 0.25) is 0 Å². The third kappa shape index (κ3) is 4.30. The maximum absolute atomic E-state index is 10.8. The zero-order valence-corrected chi connectivity index (χ0v) is 13.7. The number of carbonyl (C=O) groups is 1. The van der Waals surface area contributed by atoms with Gasteiger partial charge in [0, 0.05) is 10.9 Å². The smallest absolute Gasteiger partial charge is 0.137 e. The van der Waals surface area contributed by atoms with Gasteiger partial charge in [0.1, 0.15) is 23.9 Å². The third-order valence-electron chi connectivity index (χ3n) is 4.08. The van der Waals surface area contributed by atoms with Crippen LogP contribution in [0.5, 0.6) is 5.75 Å². The van der Waals surface area contributed by atoms with Gasteiger partial charge in [0.2, 0.25) is 0 Å². The molecular weight excluding hydrogens is 312 g/mol. The van der Waals surface area contributed by atoms with Gasteiger partial charge in [0.05, 0.1) is 24.8 Å². The quantitative estimate of drug-likeness (QED) is 0.842. The van der Waals surface area contributed by atoms with Crippen LogP contribution in [0, 0.1) is 0 Å². The van der Waals surface area contributed by atoms with Crippen LogP contribution in [-0.4, -0.2) is 37.2 Å². The van der Waals surface area contributed by atoms with E-state index in [4.69, 9.17) is 4.74 Å². The number of likely N-dealkylation sites (tertiary alicyclic amines) is 1. The Morgan fingerprint density at radius 3 is 2.87 bits per heavy atom. The molecule has 23 heavy (non-hydrogen) atoms. The summed E-state index contributed by atoms with van der Waals surface area (Å²) in [5.74, 6) is -0.450. The van der Waals surface area contributed by atoms with E-state index in [1.165, 1.54) is 49.1 Å². The highest BCUT2D eigenvalue weighted by Crippen LogP contribution is 2.26. The van der Waals surface area contributed by atoms with E-state index in [1.54, 1.807) is 4.90 Å². The molecule has 1 fully saturated rings. The van der Waals surface area contributed by atoms with Crippen molar-refractivity contribution < 1.29 is 19.5 Å². The normalized spacial score (nSPS) is 15.5. The second-order valence-corrected chi connectivity index (χ2v) is 6.62. The highest BCUT2D eigenvalue weighted by molar-refractivity contribution is 7.13. The van der Waals surface area contributed by atoms with Crippen LogP contribution < -0.4 is 14.7 Å². The minimum absolute atomic E-state index is 0.0231. The van der Waals surface area contributed by atoms with Crippen molar-refractivity contribution in [2.75, 3.05) is 26.2 Å². The molecule has 3 rings (SSSR count). The van der Waals surface area contributed by atoms with Crippen molar-refractivity contribution in [3.8, 4) is 16.3 Å². The molecule has 2 aromatic rings. The van der Waals surface area contributed by atoms with Crippen LogP contribution in [0.15, 0.2) is 29.6 Å². The number of thiazole rings is 1. The number of aromatic nitrogens is 1. The first-order chi connectivity index (χ1) is 11.2. The number of nitrogens with zero attached hydrogens (tertiary/aromatic N) is 1. The molecule has 0 bridgehead atoms. The summed E-state index contributed by atoms with van der Waals surface area (Å²) in [5.41, 5.74) is 0.843. The van der Waals surface area contributed by atoms with Crippen molar-refractivity contribution in [2.45, 2.75) is 19.3 Å². The molecule has 1 aromatic heterocycles. The number of piperidine rings is 1. The Morgan fingerprint density at radius 2 is 2.13 bits per heavy atom. The first kappa shape index (κ1) is 16.0. The lowest BCUT2D eigenvalue weighted by Crippen LogP contribution is -3.13. The number of benzene rings is 1. The van der Waals surface area contributed by atoms with Crippen molar-refractivity contribution in [3.05, 3.63) is 35.3 Å². The van der Waals surface area contributed by atoms with Crippen molar-refractivity contribution in [3.63, 3.8) is 0 Å². The fraction of sp³-hybridized carbons (Fsp3) is 0.412. The summed E-state index contributed by atoms with van der Waals surface area (Å²) in [6.45, 7) is 4.21. The van der Waals surface area contributed by atoms with Crippen LogP contribution in [0.1, 0.15) is 29.8 Å². The number of hydrogen-bond acceptors (Lipinski definition) is 5. The summed E-state index contributed by atoms with van der Waals surface area (Å²) in [7, 11) is 0. The molecule has 1 aliphatic heterocycles. The van der Waals surface area contributed by atoms with E-state index in [-0.39, 0.29) is 5.69 Å². The summed E-state index contributed by atoms with van der Waals surface area (Å²) in [6.07, 6.45) is 3.99. The first-order valence-electron chi connectivity index (χ1n) is 7.96. The van der Waals surface area contributed by atoms with Crippen LogP contribution in [0.3, 0.4) is 0 Å². The third-order valence-corrected chi connectivity index (χ3v) is 4.97. The average Bonchev–Trinajstić information content (AvgIpc) is 3.07. The number of nitrogens with one attached hydrogen (secondary N) is 1. The second-order valence-electron chi connectivity index (χ2n) is 5.76. The number of carbonyl (C=O) groups excluding carboxylic acids is 1. The highest BCUT2D eigenvalue weighted by Gasteiger charge is 2.13. The van der Waals surface area contributed by atoms with Crippen molar-refractivity contribution >= 4 is 17.3 Å². The molecule has 0 spiro atoms. The molecule has 0 atom stereocenters. The van der Waals surface area contributed by atoms with Gasteiger partial charge in [-0.1, -0.05) is 12.1 Å². The predicted molar refractivity (Wildman–Crippen MR) is 86.8 cm³/mol. The van der Waals surface area contributed by atoms with E-state index in [0.717, 1.165) is 17.9 Å². The van der Waals surface area contributed by atoms with Gasteiger partial charge < -0.3 is 19.5 Å². The first-order valence-corrected chi connectivity index (χ1v) is 8.84. The lowest BCUT2D eigenvalue weighted by molar-refractivity contribution is -0.904. The van der Waals surface area contributed by atoms with Crippen LogP contribution >= 0.6 is 11.3 Å². The van der Waals surface area contributed by atoms with E-state index in [0.29, 0.717) is 11.6 Å². The second kappa shape index (κ2) is 7.57. The van der Waals surface area contributed by atoms with E-state index in [2.05, 4.69) is 4.98 Å². The summed E-state index contributed by atoms with van der Waals surface area (Å²) in [4.78, 5) is 16.5. The van der Waals surface area contributed by atoms with Gasteiger partial charge in [-0.15, -0.1) is 11.3 Å². The van der Waals surface area contributed by atoms with Gasteiger partial charge in [0.25, 0.3) is 0 Å².